The molecule has 1 fully saturated rings. The van der Waals surface area contributed by atoms with Crippen molar-refractivity contribution in [1.82, 2.24) is 0 Å². The van der Waals surface area contributed by atoms with E-state index in [9.17, 15) is 40.2 Å². The highest BCUT2D eigenvalue weighted by molar-refractivity contribution is 5.96. The van der Waals surface area contributed by atoms with Crippen LogP contribution in [0.3, 0.4) is 0 Å². The molecule has 35 heavy (non-hydrogen) atoms. The quantitative estimate of drug-likeness (QED) is 0.471. The number of non-ortho nitro benzene ring substituents is 1. The second-order valence-electron chi connectivity index (χ2n) is 8.32. The van der Waals surface area contributed by atoms with Crippen molar-refractivity contribution in [2.24, 2.45) is 0 Å². The lowest BCUT2D eigenvalue weighted by Gasteiger charge is -2.31. The molecule has 1 saturated heterocycles. The number of quaternary nitrogens is 1. The van der Waals surface area contributed by atoms with E-state index in [1.165, 1.54) is 37.9 Å². The first kappa shape index (κ1) is 25.5. The summed E-state index contributed by atoms with van der Waals surface area (Å²) >= 11 is 0. The molecule has 0 unspecified atom stereocenters. The lowest BCUT2D eigenvalue weighted by atomic mass is 10.0. The number of likely N-dealkylation sites (tertiary alicyclic amines) is 1. The molecule has 4 rings (SSSR count). The van der Waals surface area contributed by atoms with Crippen molar-refractivity contribution in [3.63, 3.8) is 0 Å². The van der Waals surface area contributed by atoms with Crippen molar-refractivity contribution in [2.45, 2.75) is 32.1 Å². The van der Waals surface area contributed by atoms with Gasteiger partial charge in [-0.25, -0.2) is 0 Å². The van der Waals surface area contributed by atoms with Crippen LogP contribution in [0, 0.1) is 30.3 Å². The van der Waals surface area contributed by atoms with Crippen LogP contribution in [0.2, 0.25) is 0 Å². The SMILES string of the molecule is O=C1CCc2ccccc2N1CC[NH+]1CCCCC1.O=[N+]([O-])c1cc([N+](=O)[O-])c([O-])c([N+](=O)[O-])c1. The largest absolute Gasteiger partial charge is 0.863 e. The molecule has 2 aliphatic heterocycles. The topological polar surface area (TPSA) is 177 Å². The summed E-state index contributed by atoms with van der Waals surface area (Å²) in [6.45, 7) is 4.54. The fraction of sp³-hybridized carbons (Fsp3) is 0.409. The number of hydrogen-bond acceptors (Lipinski definition) is 8. The molecule has 0 aromatic heterocycles. The maximum Gasteiger partial charge on any atom is 0.283 e. The lowest BCUT2D eigenvalue weighted by Crippen LogP contribution is -3.13. The van der Waals surface area contributed by atoms with Crippen molar-refractivity contribution in [2.75, 3.05) is 31.1 Å². The summed E-state index contributed by atoms with van der Waals surface area (Å²) in [5, 5.41) is 42.1. The van der Waals surface area contributed by atoms with Crippen LogP contribution in [0.1, 0.15) is 31.2 Å². The molecule has 1 amide bonds. The first-order chi connectivity index (χ1) is 16.7. The Labute approximate surface area is 200 Å². The van der Waals surface area contributed by atoms with E-state index in [1.807, 2.05) is 11.0 Å². The van der Waals surface area contributed by atoms with E-state index in [1.54, 1.807) is 4.90 Å². The Bertz CT molecular complexity index is 1100. The van der Waals surface area contributed by atoms with Crippen LogP contribution in [-0.2, 0) is 11.2 Å². The normalized spacial score (nSPS) is 15.5. The van der Waals surface area contributed by atoms with Crippen molar-refractivity contribution in [3.8, 4) is 5.75 Å². The maximum atomic E-state index is 12.1. The second-order valence-corrected chi connectivity index (χ2v) is 8.32. The minimum atomic E-state index is -1.46. The van der Waals surface area contributed by atoms with Gasteiger partial charge in [0.05, 0.1) is 58.8 Å². The number of aryl methyl sites for hydroxylation is 1. The predicted molar refractivity (Wildman–Crippen MR) is 122 cm³/mol. The van der Waals surface area contributed by atoms with Crippen LogP contribution >= 0.6 is 0 Å². The molecule has 13 nitrogen and oxygen atoms in total. The smallest absolute Gasteiger partial charge is 0.283 e. The van der Waals surface area contributed by atoms with Gasteiger partial charge in [0.2, 0.25) is 5.91 Å². The van der Waals surface area contributed by atoms with Crippen LogP contribution in [0.4, 0.5) is 22.7 Å². The van der Waals surface area contributed by atoms with E-state index in [2.05, 4.69) is 18.2 Å². The zero-order valence-electron chi connectivity index (χ0n) is 18.9. The van der Waals surface area contributed by atoms with Gasteiger partial charge < -0.3 is 14.9 Å². The molecule has 2 aliphatic rings. The monoisotopic (exact) mass is 487 g/mol. The molecule has 0 radical (unpaired) electrons. The van der Waals surface area contributed by atoms with Gasteiger partial charge in [-0.1, -0.05) is 18.2 Å². The minimum Gasteiger partial charge on any atom is -0.863 e. The van der Waals surface area contributed by atoms with Gasteiger partial charge in [-0.15, -0.1) is 0 Å². The Morgan fingerprint density at radius 2 is 1.46 bits per heavy atom. The molecule has 186 valence electrons. The Hall–Kier alpha value is -4.13. The molecular weight excluding hydrogens is 462 g/mol. The Kier molecular flexibility index (Phi) is 8.25. The first-order valence-corrected chi connectivity index (χ1v) is 11.2. The third-order valence-electron chi connectivity index (χ3n) is 6.08. The van der Waals surface area contributed by atoms with Gasteiger partial charge in [-0.05, 0) is 37.3 Å². The van der Waals surface area contributed by atoms with Crippen LogP contribution in [-0.4, -0.2) is 46.9 Å². The lowest BCUT2D eigenvalue weighted by molar-refractivity contribution is -0.903. The summed E-state index contributed by atoms with van der Waals surface area (Å²) in [4.78, 5) is 43.3. The summed E-state index contributed by atoms with van der Waals surface area (Å²) in [6, 6.07) is 9.13. The van der Waals surface area contributed by atoms with Crippen molar-refractivity contribution in [1.29, 1.82) is 0 Å². The minimum absolute atomic E-state index is 0.301. The number of nitro groups is 3. The number of fused-ring (bicyclic) bond motifs is 1. The van der Waals surface area contributed by atoms with Crippen LogP contribution in [0.5, 0.6) is 5.75 Å². The molecule has 2 heterocycles. The van der Waals surface area contributed by atoms with Crippen LogP contribution in [0.25, 0.3) is 0 Å². The summed E-state index contributed by atoms with van der Waals surface area (Å²) < 4.78 is 0. The second kappa shape index (κ2) is 11.3. The van der Waals surface area contributed by atoms with Crippen molar-refractivity contribution < 1.29 is 29.6 Å². The maximum absolute atomic E-state index is 12.1. The molecular formula is C22H25N5O8. The van der Waals surface area contributed by atoms with E-state index in [4.69, 9.17) is 0 Å². The Morgan fingerprint density at radius 3 is 2.03 bits per heavy atom. The number of anilines is 1. The van der Waals surface area contributed by atoms with Crippen molar-refractivity contribution in [3.05, 3.63) is 72.3 Å². The molecule has 0 aliphatic carbocycles. The third kappa shape index (κ3) is 6.26. The third-order valence-corrected chi connectivity index (χ3v) is 6.08. The number of nitro benzene ring substituents is 3. The van der Waals surface area contributed by atoms with E-state index >= 15 is 0 Å². The predicted octanol–water partition coefficient (Wildman–Crippen LogP) is 1.52. The number of benzene rings is 2. The molecule has 0 atom stereocenters. The Balaban J connectivity index is 0.000000199. The fourth-order valence-electron chi connectivity index (χ4n) is 4.27. The number of rotatable bonds is 6. The standard InChI is InChI=1S/C16H22N2O.C6H3N3O7/c19-16-9-8-14-6-2-3-7-15(14)18(16)13-12-17-10-4-1-5-11-17;10-6-4(8(13)14)1-3(7(11)12)2-5(6)9(15)16/h2-3,6-7H,1,4-5,8-13H2;1-2,10H. The fourth-order valence-corrected chi connectivity index (χ4v) is 4.27. The van der Waals surface area contributed by atoms with Crippen LogP contribution < -0.4 is 14.9 Å². The number of nitrogens with zero attached hydrogens (tertiary/aromatic N) is 4. The molecule has 2 aromatic carbocycles. The van der Waals surface area contributed by atoms with Gasteiger partial charge in [-0.2, -0.15) is 0 Å². The Morgan fingerprint density at radius 1 is 0.857 bits per heavy atom. The summed E-state index contributed by atoms with van der Waals surface area (Å²) in [7, 11) is 0. The summed E-state index contributed by atoms with van der Waals surface area (Å²) in [5.41, 5.74) is -0.786. The number of hydrogen-bond donors (Lipinski definition) is 1. The highest BCUT2D eigenvalue weighted by Crippen LogP contribution is 2.36. The van der Waals surface area contributed by atoms with Crippen LogP contribution in [0.15, 0.2) is 36.4 Å². The number of carbonyl (C=O) groups excluding carboxylic acids is 1. The van der Waals surface area contributed by atoms with E-state index in [0.29, 0.717) is 24.5 Å². The van der Waals surface area contributed by atoms with Crippen molar-refractivity contribution >= 4 is 28.7 Å². The molecule has 0 bridgehead atoms. The average molecular weight is 487 g/mol. The zero-order chi connectivity index (χ0) is 25.5. The number of carbonyl (C=O) groups is 1. The number of piperidine rings is 1. The first-order valence-electron chi connectivity index (χ1n) is 11.2. The average Bonchev–Trinajstić information content (AvgIpc) is 2.84. The highest BCUT2D eigenvalue weighted by atomic mass is 16.6. The van der Waals surface area contributed by atoms with Gasteiger partial charge in [0.25, 0.3) is 17.1 Å². The molecule has 0 saturated carbocycles. The molecule has 2 aromatic rings. The van der Waals surface area contributed by atoms with Gasteiger partial charge in [0, 0.05) is 12.1 Å². The summed E-state index contributed by atoms with van der Waals surface area (Å²) in [6.07, 6.45) is 5.66. The van der Waals surface area contributed by atoms with E-state index in [0.717, 1.165) is 25.2 Å². The molecule has 0 spiro atoms. The summed E-state index contributed by atoms with van der Waals surface area (Å²) in [5.74, 6) is -1.16. The van der Waals surface area contributed by atoms with E-state index in [-0.39, 0.29) is 0 Å². The van der Waals surface area contributed by atoms with E-state index < -0.39 is 37.6 Å². The number of amides is 1. The molecule has 1 N–H and O–H groups in total. The van der Waals surface area contributed by atoms with Gasteiger partial charge >= 0.3 is 0 Å². The highest BCUT2D eigenvalue weighted by Gasteiger charge is 2.26. The zero-order valence-corrected chi connectivity index (χ0v) is 18.9. The van der Waals surface area contributed by atoms with Gasteiger partial charge in [0.15, 0.2) is 0 Å². The van der Waals surface area contributed by atoms with Gasteiger partial charge in [0.1, 0.15) is 0 Å². The number of nitrogens with one attached hydrogen (secondary N) is 1. The number of para-hydroxylation sites is 1. The molecule has 13 heteroatoms. The van der Waals surface area contributed by atoms with Gasteiger partial charge in [-0.3, -0.25) is 35.1 Å².